The normalized spacial score (nSPS) is 9.17. The number of aliphatic imine (C=N–C) groups is 1. The maximum absolute atomic E-state index is 9.83. The van der Waals surface area contributed by atoms with E-state index in [4.69, 9.17) is 11.6 Å². The molecule has 0 aliphatic heterocycles. The van der Waals surface area contributed by atoms with Crippen molar-refractivity contribution in [1.82, 2.24) is 0 Å². The van der Waals surface area contributed by atoms with E-state index in [0.29, 0.717) is 11.6 Å². The molecule has 0 atom stereocenters. The van der Waals surface area contributed by atoms with Crippen LogP contribution in [0.2, 0.25) is 5.02 Å². The molecule has 0 radical (unpaired) electrons. The first kappa shape index (κ1) is 9.46. The molecule has 0 saturated carbocycles. The molecular formula is C8H5BrClNO. The summed E-state index contributed by atoms with van der Waals surface area (Å²) >= 11 is 9.09. The molecule has 1 rings (SSSR count). The predicted molar refractivity (Wildman–Crippen MR) is 51.0 cm³/mol. The molecule has 12 heavy (non-hydrogen) atoms. The summed E-state index contributed by atoms with van der Waals surface area (Å²) in [6, 6.07) is 5.42. The van der Waals surface area contributed by atoms with Gasteiger partial charge in [0.25, 0.3) is 0 Å². The first-order chi connectivity index (χ1) is 5.75. The third-order valence-electron chi connectivity index (χ3n) is 1.35. The Balaban J connectivity index is 2.99. The van der Waals surface area contributed by atoms with Crippen molar-refractivity contribution in [3.8, 4) is 0 Å². The molecule has 0 bridgehead atoms. The number of hydrogen-bond donors (Lipinski definition) is 0. The predicted octanol–water partition coefficient (Wildman–Crippen LogP) is 2.94. The number of rotatable bonds is 2. The first-order valence-corrected chi connectivity index (χ1v) is 4.39. The Morgan fingerprint density at radius 3 is 3.00 bits per heavy atom. The van der Waals surface area contributed by atoms with E-state index >= 15 is 0 Å². The van der Waals surface area contributed by atoms with Crippen molar-refractivity contribution in [2.45, 2.75) is 6.54 Å². The zero-order chi connectivity index (χ0) is 8.97. The fourth-order valence-corrected chi connectivity index (χ4v) is 1.37. The second kappa shape index (κ2) is 4.41. The quantitative estimate of drug-likeness (QED) is 0.583. The highest BCUT2D eigenvalue weighted by molar-refractivity contribution is 9.10. The summed E-state index contributed by atoms with van der Waals surface area (Å²) in [5, 5.41) is 0.619. The summed E-state index contributed by atoms with van der Waals surface area (Å²) in [6.45, 7) is 0.310. The average Bonchev–Trinajstić information content (AvgIpc) is 2.08. The number of halogens is 2. The Hall–Kier alpha value is -0.630. The molecule has 0 aliphatic carbocycles. The summed E-state index contributed by atoms with van der Waals surface area (Å²) in [7, 11) is 0. The lowest BCUT2D eigenvalue weighted by atomic mass is 10.2. The van der Waals surface area contributed by atoms with Gasteiger partial charge in [-0.3, -0.25) is 0 Å². The van der Waals surface area contributed by atoms with E-state index in [1.54, 1.807) is 6.07 Å². The van der Waals surface area contributed by atoms with E-state index < -0.39 is 0 Å². The molecule has 0 fully saturated rings. The highest BCUT2D eigenvalue weighted by Gasteiger charge is 2.01. The lowest BCUT2D eigenvalue weighted by Gasteiger charge is -2.00. The van der Waals surface area contributed by atoms with Gasteiger partial charge in [-0.05, 0) is 27.6 Å². The summed E-state index contributed by atoms with van der Waals surface area (Å²) in [6.07, 6.45) is 1.47. The fourth-order valence-electron chi connectivity index (χ4n) is 0.788. The van der Waals surface area contributed by atoms with Crippen LogP contribution in [0.25, 0.3) is 0 Å². The van der Waals surface area contributed by atoms with Gasteiger partial charge in [-0.25, -0.2) is 9.79 Å². The summed E-state index contributed by atoms with van der Waals surface area (Å²) < 4.78 is 0.783. The monoisotopic (exact) mass is 245 g/mol. The van der Waals surface area contributed by atoms with Crippen molar-refractivity contribution in [2.24, 2.45) is 4.99 Å². The van der Waals surface area contributed by atoms with Crippen molar-refractivity contribution in [2.75, 3.05) is 0 Å². The molecular weight excluding hydrogens is 241 g/mol. The van der Waals surface area contributed by atoms with E-state index in [2.05, 4.69) is 20.9 Å². The largest absolute Gasteiger partial charge is 0.235 e. The zero-order valence-electron chi connectivity index (χ0n) is 6.05. The van der Waals surface area contributed by atoms with Crippen molar-refractivity contribution < 1.29 is 4.79 Å². The Bertz CT molecular complexity index is 334. The summed E-state index contributed by atoms with van der Waals surface area (Å²) in [4.78, 5) is 13.3. The van der Waals surface area contributed by atoms with Gasteiger partial charge in [0.15, 0.2) is 0 Å². The van der Waals surface area contributed by atoms with Gasteiger partial charge in [0.1, 0.15) is 0 Å². The number of isocyanates is 1. The van der Waals surface area contributed by atoms with Gasteiger partial charge in [-0.2, -0.15) is 0 Å². The molecule has 0 unspecified atom stereocenters. The lowest BCUT2D eigenvalue weighted by Crippen LogP contribution is -1.83. The minimum absolute atomic E-state index is 0.310. The van der Waals surface area contributed by atoms with Crippen LogP contribution in [0.3, 0.4) is 0 Å². The molecule has 0 amide bonds. The molecule has 1 aromatic rings. The Morgan fingerprint density at radius 2 is 2.33 bits per heavy atom. The maximum Gasteiger partial charge on any atom is 0.235 e. The smallest absolute Gasteiger partial charge is 0.211 e. The third-order valence-corrected chi connectivity index (χ3v) is 2.83. The van der Waals surface area contributed by atoms with Crippen LogP contribution >= 0.6 is 27.5 Å². The van der Waals surface area contributed by atoms with Gasteiger partial charge >= 0.3 is 0 Å². The standard InChI is InChI=1S/C8H5BrClNO/c9-8-6(4-11-5-12)2-1-3-7(8)10/h1-3H,4H2. The highest BCUT2D eigenvalue weighted by atomic mass is 79.9. The third kappa shape index (κ3) is 2.18. The minimum Gasteiger partial charge on any atom is -0.211 e. The molecule has 4 heteroatoms. The second-order valence-corrected chi connectivity index (χ2v) is 3.32. The van der Waals surface area contributed by atoms with Crippen LogP contribution in [0, 0.1) is 0 Å². The van der Waals surface area contributed by atoms with Crippen LogP contribution < -0.4 is 0 Å². The SMILES string of the molecule is O=C=NCc1cccc(Cl)c1Br. The molecule has 0 heterocycles. The Kier molecular flexibility index (Phi) is 3.48. The van der Waals surface area contributed by atoms with E-state index in [1.165, 1.54) is 6.08 Å². The van der Waals surface area contributed by atoms with Crippen LogP contribution in [0.4, 0.5) is 0 Å². The van der Waals surface area contributed by atoms with Crippen molar-refractivity contribution in [3.05, 3.63) is 33.3 Å². The van der Waals surface area contributed by atoms with Gasteiger partial charge < -0.3 is 0 Å². The van der Waals surface area contributed by atoms with Gasteiger partial charge in [-0.1, -0.05) is 23.7 Å². The molecule has 1 aromatic carbocycles. The van der Waals surface area contributed by atoms with E-state index in [9.17, 15) is 4.79 Å². The summed E-state index contributed by atoms with van der Waals surface area (Å²) in [5.74, 6) is 0. The number of hydrogen-bond acceptors (Lipinski definition) is 2. The van der Waals surface area contributed by atoms with Crippen LogP contribution in [-0.2, 0) is 11.3 Å². The van der Waals surface area contributed by atoms with Gasteiger partial charge in [0.2, 0.25) is 6.08 Å². The van der Waals surface area contributed by atoms with Crippen molar-refractivity contribution in [1.29, 1.82) is 0 Å². The average molecular weight is 246 g/mol. The van der Waals surface area contributed by atoms with Crippen LogP contribution in [0.5, 0.6) is 0 Å². The molecule has 0 N–H and O–H groups in total. The molecule has 62 valence electrons. The van der Waals surface area contributed by atoms with Gasteiger partial charge in [0.05, 0.1) is 11.6 Å². The van der Waals surface area contributed by atoms with E-state index in [1.807, 2.05) is 12.1 Å². The van der Waals surface area contributed by atoms with Crippen LogP contribution in [0.15, 0.2) is 27.7 Å². The first-order valence-electron chi connectivity index (χ1n) is 3.22. The maximum atomic E-state index is 9.83. The van der Waals surface area contributed by atoms with Crippen molar-refractivity contribution in [3.63, 3.8) is 0 Å². The molecule has 0 saturated heterocycles. The Labute approximate surface area is 83.4 Å². The van der Waals surface area contributed by atoms with E-state index in [-0.39, 0.29) is 0 Å². The molecule has 0 aliphatic rings. The summed E-state index contributed by atoms with van der Waals surface area (Å²) in [5.41, 5.74) is 0.880. The molecule has 2 nitrogen and oxygen atoms in total. The molecule has 0 spiro atoms. The van der Waals surface area contributed by atoms with Crippen LogP contribution in [-0.4, -0.2) is 6.08 Å². The Morgan fingerprint density at radius 1 is 1.58 bits per heavy atom. The fraction of sp³-hybridized carbons (Fsp3) is 0.125. The minimum atomic E-state index is 0.310. The van der Waals surface area contributed by atoms with Crippen LogP contribution in [0.1, 0.15) is 5.56 Å². The highest BCUT2D eigenvalue weighted by Crippen LogP contribution is 2.26. The lowest BCUT2D eigenvalue weighted by molar-refractivity contribution is 0.562. The van der Waals surface area contributed by atoms with E-state index in [0.717, 1.165) is 10.0 Å². The van der Waals surface area contributed by atoms with Gasteiger partial charge in [-0.15, -0.1) is 0 Å². The van der Waals surface area contributed by atoms with Crippen molar-refractivity contribution >= 4 is 33.6 Å². The number of benzene rings is 1. The zero-order valence-corrected chi connectivity index (χ0v) is 8.39. The molecule has 0 aromatic heterocycles. The van der Waals surface area contributed by atoms with Gasteiger partial charge in [0, 0.05) is 4.47 Å². The number of nitrogens with zero attached hydrogens (tertiary/aromatic N) is 1. The number of carbonyl (C=O) groups excluding carboxylic acids is 1. The topological polar surface area (TPSA) is 29.4 Å². The second-order valence-electron chi connectivity index (χ2n) is 2.12.